The number of nitrogens with zero attached hydrogens (tertiary/aromatic N) is 4. The van der Waals surface area contributed by atoms with Crippen LogP contribution in [0.3, 0.4) is 0 Å². The lowest BCUT2D eigenvalue weighted by molar-refractivity contribution is 0.0536. The van der Waals surface area contributed by atoms with Gasteiger partial charge < -0.3 is 23.9 Å². The van der Waals surface area contributed by atoms with Crippen molar-refractivity contribution in [2.45, 2.75) is 13.0 Å². The molecule has 3 heterocycles. The SMILES string of the molecule is Cc1cc(Cl)c2nc(-c3nc(-c4cc(Cl)c(OCC(O)CO)cc4Cl)no3)cn2c1. The molecule has 8 nitrogen and oxygen atoms in total. The van der Waals surface area contributed by atoms with E-state index in [2.05, 4.69) is 15.1 Å². The zero-order valence-electron chi connectivity index (χ0n) is 15.5. The van der Waals surface area contributed by atoms with E-state index in [1.54, 1.807) is 10.6 Å². The quantitative estimate of drug-likeness (QED) is 0.439. The second-order valence-corrected chi connectivity index (χ2v) is 7.78. The fourth-order valence-corrected chi connectivity index (χ4v) is 3.55. The standard InChI is InChI=1S/C19H15Cl3N4O4/c1-9-2-14(22)18-23-15(6-26(18)5-9)19-24-17(25-30-19)11-3-13(21)16(4-12(11)20)29-8-10(28)7-27/h2-6,10,27-28H,7-8H2,1H3. The van der Waals surface area contributed by atoms with Gasteiger partial charge in [-0.1, -0.05) is 40.0 Å². The van der Waals surface area contributed by atoms with Crippen molar-refractivity contribution in [2.75, 3.05) is 13.2 Å². The molecule has 3 aromatic heterocycles. The highest BCUT2D eigenvalue weighted by atomic mass is 35.5. The van der Waals surface area contributed by atoms with Gasteiger partial charge in [-0.05, 0) is 24.6 Å². The largest absolute Gasteiger partial charge is 0.489 e. The maximum Gasteiger partial charge on any atom is 0.278 e. The number of aromatic nitrogens is 4. The zero-order valence-corrected chi connectivity index (χ0v) is 17.8. The van der Waals surface area contributed by atoms with Crippen LogP contribution in [0.25, 0.3) is 28.6 Å². The van der Waals surface area contributed by atoms with Crippen LogP contribution in [0.5, 0.6) is 5.75 Å². The Kier molecular flexibility index (Phi) is 5.86. The Morgan fingerprint density at radius 2 is 1.90 bits per heavy atom. The van der Waals surface area contributed by atoms with E-state index in [0.717, 1.165) is 5.56 Å². The number of fused-ring (bicyclic) bond motifs is 1. The number of hydrogen-bond acceptors (Lipinski definition) is 7. The van der Waals surface area contributed by atoms with Crippen LogP contribution in [0.1, 0.15) is 5.56 Å². The van der Waals surface area contributed by atoms with Crippen molar-refractivity contribution >= 4 is 40.4 Å². The van der Waals surface area contributed by atoms with Gasteiger partial charge in [0.25, 0.3) is 5.89 Å². The summed E-state index contributed by atoms with van der Waals surface area (Å²) in [5.41, 5.74) is 2.45. The van der Waals surface area contributed by atoms with Crippen molar-refractivity contribution in [1.82, 2.24) is 19.5 Å². The summed E-state index contributed by atoms with van der Waals surface area (Å²) in [6.45, 7) is 1.37. The summed E-state index contributed by atoms with van der Waals surface area (Å²) >= 11 is 18.8. The molecule has 0 saturated heterocycles. The van der Waals surface area contributed by atoms with Gasteiger partial charge in [0.15, 0.2) is 5.65 Å². The van der Waals surface area contributed by atoms with E-state index >= 15 is 0 Å². The van der Waals surface area contributed by atoms with Gasteiger partial charge in [0.2, 0.25) is 5.82 Å². The number of imidazole rings is 1. The van der Waals surface area contributed by atoms with E-state index in [4.69, 9.17) is 49.2 Å². The molecule has 156 valence electrons. The summed E-state index contributed by atoms with van der Waals surface area (Å²) in [5, 5.41) is 23.3. The molecular weight excluding hydrogens is 455 g/mol. The highest BCUT2D eigenvalue weighted by molar-refractivity contribution is 6.36. The van der Waals surface area contributed by atoms with Gasteiger partial charge in [-0.2, -0.15) is 4.98 Å². The van der Waals surface area contributed by atoms with Gasteiger partial charge in [0.1, 0.15) is 24.2 Å². The highest BCUT2D eigenvalue weighted by Gasteiger charge is 2.19. The van der Waals surface area contributed by atoms with E-state index in [1.165, 1.54) is 12.1 Å². The minimum atomic E-state index is -1.03. The Balaban J connectivity index is 1.64. The third-order valence-electron chi connectivity index (χ3n) is 4.19. The topological polar surface area (TPSA) is 106 Å². The predicted molar refractivity (Wildman–Crippen MR) is 112 cm³/mol. The fourth-order valence-electron chi connectivity index (χ4n) is 2.78. The molecule has 1 unspecified atom stereocenters. The second kappa shape index (κ2) is 8.41. The lowest BCUT2D eigenvalue weighted by atomic mass is 10.2. The third-order valence-corrected chi connectivity index (χ3v) is 5.08. The molecule has 1 atom stereocenters. The lowest BCUT2D eigenvalue weighted by Crippen LogP contribution is -2.21. The Labute approximate surface area is 185 Å². The van der Waals surface area contributed by atoms with Gasteiger partial charge >= 0.3 is 0 Å². The number of pyridine rings is 1. The van der Waals surface area contributed by atoms with E-state index in [9.17, 15) is 5.11 Å². The van der Waals surface area contributed by atoms with E-state index < -0.39 is 12.7 Å². The Morgan fingerprint density at radius 3 is 2.67 bits per heavy atom. The van der Waals surface area contributed by atoms with Crippen LogP contribution in [-0.4, -0.2) is 49.1 Å². The first kappa shape index (κ1) is 20.9. The van der Waals surface area contributed by atoms with Crippen LogP contribution >= 0.6 is 34.8 Å². The zero-order chi connectivity index (χ0) is 21.4. The van der Waals surface area contributed by atoms with Crippen molar-refractivity contribution in [1.29, 1.82) is 0 Å². The van der Waals surface area contributed by atoms with Crippen LogP contribution in [-0.2, 0) is 0 Å². The first-order chi connectivity index (χ1) is 14.4. The van der Waals surface area contributed by atoms with E-state index in [1.807, 2.05) is 19.2 Å². The summed E-state index contributed by atoms with van der Waals surface area (Å²) in [6.07, 6.45) is 2.60. The van der Waals surface area contributed by atoms with Crippen molar-refractivity contribution in [2.24, 2.45) is 0 Å². The molecule has 0 aliphatic rings. The second-order valence-electron chi connectivity index (χ2n) is 6.56. The van der Waals surface area contributed by atoms with Crippen LogP contribution < -0.4 is 4.74 Å². The Hall–Kier alpha value is -2.36. The third kappa shape index (κ3) is 4.10. The molecule has 0 aliphatic carbocycles. The molecule has 0 spiro atoms. The molecular formula is C19H15Cl3N4O4. The molecule has 1 aromatic carbocycles. The number of aliphatic hydroxyl groups excluding tert-OH is 2. The molecule has 0 saturated carbocycles. The molecule has 11 heteroatoms. The number of aryl methyl sites for hydroxylation is 1. The highest BCUT2D eigenvalue weighted by Crippen LogP contribution is 2.36. The maximum atomic E-state index is 9.41. The Bertz CT molecular complexity index is 1220. The normalized spacial score (nSPS) is 12.5. The Morgan fingerprint density at radius 1 is 1.10 bits per heavy atom. The van der Waals surface area contributed by atoms with Crippen molar-refractivity contribution in [3.63, 3.8) is 0 Å². The molecule has 0 radical (unpaired) electrons. The number of aliphatic hydroxyl groups is 2. The molecule has 4 rings (SSSR count). The molecule has 0 amide bonds. The smallest absolute Gasteiger partial charge is 0.278 e. The molecule has 30 heavy (non-hydrogen) atoms. The van der Waals surface area contributed by atoms with Crippen LogP contribution in [0.4, 0.5) is 0 Å². The van der Waals surface area contributed by atoms with Gasteiger partial charge in [0, 0.05) is 24.0 Å². The molecule has 0 fully saturated rings. The summed E-state index contributed by atoms with van der Waals surface area (Å²) in [6, 6.07) is 4.83. The minimum Gasteiger partial charge on any atom is -0.489 e. The molecule has 2 N–H and O–H groups in total. The average Bonchev–Trinajstić information content (AvgIpc) is 3.35. The van der Waals surface area contributed by atoms with E-state index in [-0.39, 0.29) is 34.1 Å². The monoisotopic (exact) mass is 468 g/mol. The average molecular weight is 470 g/mol. The summed E-state index contributed by atoms with van der Waals surface area (Å²) in [7, 11) is 0. The fraction of sp³-hybridized carbons (Fsp3) is 0.211. The van der Waals surface area contributed by atoms with Gasteiger partial charge in [-0.25, -0.2) is 4.98 Å². The molecule has 4 aromatic rings. The summed E-state index contributed by atoms with van der Waals surface area (Å²) in [4.78, 5) is 8.81. The lowest BCUT2D eigenvalue weighted by Gasteiger charge is -2.12. The first-order valence-corrected chi connectivity index (χ1v) is 9.89. The summed E-state index contributed by atoms with van der Waals surface area (Å²) in [5.74, 6) is 0.672. The number of ether oxygens (including phenoxy) is 1. The number of halogens is 3. The first-order valence-electron chi connectivity index (χ1n) is 8.75. The molecule has 0 bridgehead atoms. The number of rotatable bonds is 6. The van der Waals surface area contributed by atoms with Gasteiger partial charge in [-0.15, -0.1) is 0 Å². The minimum absolute atomic E-state index is 0.131. The predicted octanol–water partition coefficient (Wildman–Crippen LogP) is 4.05. The van der Waals surface area contributed by atoms with Crippen molar-refractivity contribution in [3.8, 4) is 28.7 Å². The van der Waals surface area contributed by atoms with Crippen molar-refractivity contribution < 1.29 is 19.5 Å². The van der Waals surface area contributed by atoms with Gasteiger partial charge in [-0.3, -0.25) is 0 Å². The van der Waals surface area contributed by atoms with Crippen LogP contribution in [0.2, 0.25) is 15.1 Å². The van der Waals surface area contributed by atoms with Gasteiger partial charge in [0.05, 0.1) is 21.7 Å². The van der Waals surface area contributed by atoms with E-state index in [0.29, 0.717) is 21.9 Å². The summed E-state index contributed by atoms with van der Waals surface area (Å²) < 4.78 is 12.5. The van der Waals surface area contributed by atoms with Crippen LogP contribution in [0, 0.1) is 6.92 Å². The number of hydrogen-bond donors (Lipinski definition) is 2. The van der Waals surface area contributed by atoms with Crippen LogP contribution in [0.15, 0.2) is 35.1 Å². The maximum absolute atomic E-state index is 9.41. The number of benzene rings is 1. The van der Waals surface area contributed by atoms with Crippen molar-refractivity contribution in [3.05, 3.63) is 51.2 Å². The molecule has 0 aliphatic heterocycles.